The van der Waals surface area contributed by atoms with Crippen molar-refractivity contribution in [1.82, 2.24) is 0 Å². The number of hydrogen-bond acceptors (Lipinski definition) is 5. The highest BCUT2D eigenvalue weighted by molar-refractivity contribution is 8.00. The summed E-state index contributed by atoms with van der Waals surface area (Å²) < 4.78 is 27.9. The largest absolute Gasteiger partial charge is 0.469 e. The van der Waals surface area contributed by atoms with Gasteiger partial charge in [0.1, 0.15) is 0 Å². The minimum absolute atomic E-state index is 0.0397. The Balaban J connectivity index is 3.34. The third kappa shape index (κ3) is 16.6. The molecule has 0 radical (unpaired) electrons. The Morgan fingerprint density at radius 2 is 1.38 bits per heavy atom. The van der Waals surface area contributed by atoms with E-state index in [0.717, 1.165) is 5.75 Å². The lowest BCUT2D eigenvalue weighted by atomic mass is 10.1. The third-order valence-corrected chi connectivity index (χ3v) is 7.01. The Morgan fingerprint density at radius 1 is 0.833 bits per heavy atom. The number of ether oxygens (including phenoxy) is 1. The predicted molar refractivity (Wildman–Crippen MR) is 104 cm³/mol. The molecule has 0 aromatic rings. The van der Waals surface area contributed by atoms with Crippen LogP contribution in [0.2, 0.25) is 0 Å². The molecule has 0 N–H and O–H groups in total. The number of carbonyl (C=O) groups is 1. The van der Waals surface area contributed by atoms with Gasteiger partial charge in [-0.3, -0.25) is 4.79 Å². The summed E-state index contributed by atoms with van der Waals surface area (Å²) in [6, 6.07) is 0. The quantitative estimate of drug-likeness (QED) is 0.272. The molecule has 0 aromatic carbocycles. The summed E-state index contributed by atoms with van der Waals surface area (Å²) in [6.45, 7) is 2.25. The van der Waals surface area contributed by atoms with Crippen LogP contribution in [0.3, 0.4) is 0 Å². The molecular weight excluding hydrogens is 344 g/mol. The average Bonchev–Trinajstić information content (AvgIpc) is 2.57. The van der Waals surface area contributed by atoms with Crippen LogP contribution in [-0.2, 0) is 19.4 Å². The minimum Gasteiger partial charge on any atom is -0.469 e. The fourth-order valence-corrected chi connectivity index (χ4v) is 5.20. The van der Waals surface area contributed by atoms with Crippen molar-refractivity contribution in [3.63, 3.8) is 0 Å². The van der Waals surface area contributed by atoms with Crippen LogP contribution in [0.25, 0.3) is 0 Å². The van der Waals surface area contributed by atoms with Gasteiger partial charge in [0.2, 0.25) is 0 Å². The molecule has 0 heterocycles. The second-order valence-electron chi connectivity index (χ2n) is 6.27. The molecule has 0 amide bonds. The number of thioether (sulfide) groups is 1. The molecule has 6 heteroatoms. The van der Waals surface area contributed by atoms with E-state index in [-0.39, 0.29) is 17.9 Å². The van der Waals surface area contributed by atoms with Gasteiger partial charge < -0.3 is 4.74 Å². The van der Waals surface area contributed by atoms with Gasteiger partial charge in [-0.2, -0.15) is 11.8 Å². The van der Waals surface area contributed by atoms with E-state index >= 15 is 0 Å². The van der Waals surface area contributed by atoms with Crippen LogP contribution in [0.15, 0.2) is 0 Å². The first kappa shape index (κ1) is 23.8. The summed E-state index contributed by atoms with van der Waals surface area (Å²) in [7, 11) is -1.85. The lowest BCUT2D eigenvalue weighted by Crippen LogP contribution is -2.16. The first-order valence-corrected chi connectivity index (χ1v) is 12.3. The van der Waals surface area contributed by atoms with Crippen molar-refractivity contribution in [2.75, 3.05) is 30.1 Å². The molecule has 0 spiro atoms. The normalized spacial score (nSPS) is 11.6. The summed E-state index contributed by atoms with van der Waals surface area (Å²) in [4.78, 5) is 11.0. The maximum Gasteiger partial charge on any atom is 0.306 e. The Bertz CT molecular complexity index is 394. The maximum absolute atomic E-state index is 11.7. The van der Waals surface area contributed by atoms with Gasteiger partial charge in [-0.25, -0.2) is 8.42 Å². The zero-order valence-corrected chi connectivity index (χ0v) is 17.2. The Labute approximate surface area is 153 Å². The van der Waals surface area contributed by atoms with E-state index in [0.29, 0.717) is 5.75 Å². The number of esters is 1. The molecule has 0 atom stereocenters. The lowest BCUT2D eigenvalue weighted by Gasteiger charge is -2.04. The van der Waals surface area contributed by atoms with Gasteiger partial charge >= 0.3 is 5.97 Å². The topological polar surface area (TPSA) is 60.4 Å². The van der Waals surface area contributed by atoms with Crippen LogP contribution in [0.1, 0.15) is 77.6 Å². The summed E-state index contributed by atoms with van der Waals surface area (Å²) >= 11 is 1.70. The molecule has 24 heavy (non-hydrogen) atoms. The Hall–Kier alpha value is -0.230. The molecule has 0 unspecified atom stereocenters. The van der Waals surface area contributed by atoms with Crippen molar-refractivity contribution < 1.29 is 17.9 Å². The van der Waals surface area contributed by atoms with Crippen LogP contribution in [0, 0.1) is 0 Å². The van der Waals surface area contributed by atoms with Crippen LogP contribution in [0.4, 0.5) is 0 Å². The summed E-state index contributed by atoms with van der Waals surface area (Å²) in [5.74, 6) is 1.26. The number of carbonyl (C=O) groups excluding carboxylic acids is 1. The second-order valence-corrected chi connectivity index (χ2v) is 9.80. The molecule has 0 aliphatic carbocycles. The Kier molecular flexibility index (Phi) is 16.1. The van der Waals surface area contributed by atoms with E-state index in [4.69, 9.17) is 0 Å². The SMILES string of the molecule is CCCCCCCCCCCCSCCS(=O)(=O)CCC(=O)OC. The van der Waals surface area contributed by atoms with Gasteiger partial charge in [0.05, 0.1) is 25.0 Å². The number of sulfone groups is 1. The number of methoxy groups -OCH3 is 1. The van der Waals surface area contributed by atoms with Crippen molar-refractivity contribution in [1.29, 1.82) is 0 Å². The van der Waals surface area contributed by atoms with Gasteiger partial charge in [-0.05, 0) is 12.2 Å². The van der Waals surface area contributed by atoms with Gasteiger partial charge in [-0.1, -0.05) is 64.7 Å². The minimum atomic E-state index is -3.12. The molecule has 0 aliphatic heterocycles. The van der Waals surface area contributed by atoms with Gasteiger partial charge in [0, 0.05) is 5.75 Å². The highest BCUT2D eigenvalue weighted by Gasteiger charge is 2.13. The second kappa shape index (κ2) is 16.2. The molecule has 0 saturated carbocycles. The molecule has 4 nitrogen and oxygen atoms in total. The molecular formula is C18H36O4S2. The average molecular weight is 381 g/mol. The van der Waals surface area contributed by atoms with Gasteiger partial charge in [-0.15, -0.1) is 0 Å². The fraction of sp³-hybridized carbons (Fsp3) is 0.944. The van der Waals surface area contributed by atoms with E-state index in [1.54, 1.807) is 11.8 Å². The zero-order valence-electron chi connectivity index (χ0n) is 15.6. The Morgan fingerprint density at radius 3 is 1.92 bits per heavy atom. The van der Waals surface area contributed by atoms with E-state index < -0.39 is 15.8 Å². The van der Waals surface area contributed by atoms with Gasteiger partial charge in [0.25, 0.3) is 0 Å². The summed E-state index contributed by atoms with van der Waals surface area (Å²) in [5.41, 5.74) is 0. The van der Waals surface area contributed by atoms with Gasteiger partial charge in [0.15, 0.2) is 9.84 Å². The fourth-order valence-electron chi connectivity index (χ4n) is 2.42. The van der Waals surface area contributed by atoms with Crippen LogP contribution in [-0.4, -0.2) is 44.5 Å². The van der Waals surface area contributed by atoms with E-state index in [2.05, 4.69) is 11.7 Å². The van der Waals surface area contributed by atoms with Crippen LogP contribution in [0.5, 0.6) is 0 Å². The number of rotatable bonds is 17. The highest BCUT2D eigenvalue weighted by Crippen LogP contribution is 2.12. The summed E-state index contributed by atoms with van der Waals surface area (Å²) in [6.07, 6.45) is 13.2. The predicted octanol–water partition coefficient (Wildman–Crippen LogP) is 4.62. The van der Waals surface area contributed by atoms with Crippen molar-refractivity contribution in [3.8, 4) is 0 Å². The first-order valence-electron chi connectivity index (χ1n) is 9.37. The monoisotopic (exact) mass is 380 g/mol. The summed E-state index contributed by atoms with van der Waals surface area (Å²) in [5, 5.41) is 0. The van der Waals surface area contributed by atoms with Crippen molar-refractivity contribution in [3.05, 3.63) is 0 Å². The maximum atomic E-state index is 11.7. The van der Waals surface area contributed by atoms with Crippen molar-refractivity contribution in [2.24, 2.45) is 0 Å². The van der Waals surface area contributed by atoms with E-state index in [1.807, 2.05) is 0 Å². The van der Waals surface area contributed by atoms with Crippen LogP contribution < -0.4 is 0 Å². The molecule has 0 aromatic heterocycles. The molecule has 0 saturated heterocycles. The van der Waals surface area contributed by atoms with E-state index in [9.17, 15) is 13.2 Å². The van der Waals surface area contributed by atoms with Crippen molar-refractivity contribution >= 4 is 27.6 Å². The smallest absolute Gasteiger partial charge is 0.306 e. The van der Waals surface area contributed by atoms with E-state index in [1.165, 1.54) is 71.3 Å². The molecule has 0 fully saturated rings. The third-order valence-electron chi connectivity index (χ3n) is 4.03. The number of unbranched alkanes of at least 4 members (excludes halogenated alkanes) is 9. The standard InChI is InChI=1S/C18H36O4S2/c1-3-4-5-6-7-8-9-10-11-12-14-23-15-17-24(20,21)16-13-18(19)22-2/h3-17H2,1-2H3. The molecule has 144 valence electrons. The lowest BCUT2D eigenvalue weighted by molar-refractivity contribution is -0.140. The number of hydrogen-bond donors (Lipinski definition) is 0. The zero-order chi connectivity index (χ0) is 18.1. The van der Waals surface area contributed by atoms with Crippen molar-refractivity contribution in [2.45, 2.75) is 77.6 Å². The molecule has 0 aliphatic rings. The molecule has 0 bridgehead atoms. The highest BCUT2D eigenvalue weighted by atomic mass is 32.2. The first-order chi connectivity index (χ1) is 11.5. The molecule has 0 rings (SSSR count). The van der Waals surface area contributed by atoms with Crippen LogP contribution >= 0.6 is 11.8 Å².